The number of carbonyl (C=O) groups excluding carboxylic acids is 1. The van der Waals surface area contributed by atoms with Crippen LogP contribution in [0.25, 0.3) is 6.08 Å². The maximum absolute atomic E-state index is 11.9. The molecule has 0 aromatic heterocycles. The van der Waals surface area contributed by atoms with E-state index in [0.717, 1.165) is 24.8 Å². The molecule has 124 valence electrons. The van der Waals surface area contributed by atoms with E-state index in [1.165, 1.54) is 5.57 Å². The van der Waals surface area contributed by atoms with Gasteiger partial charge in [-0.05, 0) is 57.1 Å². The van der Waals surface area contributed by atoms with E-state index in [2.05, 4.69) is 26.8 Å². The normalized spacial score (nSPS) is 12.6. The van der Waals surface area contributed by atoms with Gasteiger partial charge in [-0.3, -0.25) is 4.79 Å². The molecule has 0 aliphatic heterocycles. The molecule has 1 atom stereocenters. The Labute approximate surface area is 138 Å². The summed E-state index contributed by atoms with van der Waals surface area (Å²) in [6.07, 6.45) is 7.28. The first-order chi connectivity index (χ1) is 10.9. The second kappa shape index (κ2) is 9.78. The van der Waals surface area contributed by atoms with E-state index in [1.807, 2.05) is 30.3 Å². The number of aliphatic carboxylic acids is 1. The molecule has 0 aliphatic rings. The van der Waals surface area contributed by atoms with Crippen molar-refractivity contribution < 1.29 is 14.7 Å². The highest BCUT2D eigenvalue weighted by atomic mass is 16.4. The van der Waals surface area contributed by atoms with E-state index in [0.29, 0.717) is 17.9 Å². The van der Waals surface area contributed by atoms with Gasteiger partial charge >= 0.3 is 5.97 Å². The molecule has 3 nitrogen and oxygen atoms in total. The van der Waals surface area contributed by atoms with Crippen LogP contribution >= 0.6 is 0 Å². The average Bonchev–Trinajstić information content (AvgIpc) is 2.51. The smallest absolute Gasteiger partial charge is 0.376 e. The molecule has 0 spiro atoms. The van der Waals surface area contributed by atoms with E-state index in [4.69, 9.17) is 5.11 Å². The molecule has 1 aromatic rings. The minimum absolute atomic E-state index is 0.373. The van der Waals surface area contributed by atoms with Crippen LogP contribution in [0.5, 0.6) is 0 Å². The van der Waals surface area contributed by atoms with Crippen LogP contribution in [-0.4, -0.2) is 16.9 Å². The number of carboxylic acid groups (broad SMARTS) is 1. The minimum atomic E-state index is -1.38. The zero-order chi connectivity index (χ0) is 17.2. The predicted octanol–water partition coefficient (Wildman–Crippen LogP) is 4.89. The van der Waals surface area contributed by atoms with Crippen molar-refractivity contribution in [1.82, 2.24) is 0 Å². The van der Waals surface area contributed by atoms with Gasteiger partial charge in [-0.25, -0.2) is 4.79 Å². The van der Waals surface area contributed by atoms with Crippen LogP contribution in [-0.2, 0) is 9.59 Å². The van der Waals surface area contributed by atoms with Crippen LogP contribution in [0.1, 0.15) is 52.0 Å². The van der Waals surface area contributed by atoms with Crippen LogP contribution in [0, 0.1) is 5.92 Å². The SMILES string of the molecule is CC(C)=CCC[C@H](C)CC/C(=C\c1ccccc1)C(=O)C(=O)O. The molecule has 1 N–H and O–H groups in total. The van der Waals surface area contributed by atoms with Gasteiger partial charge in [0, 0.05) is 5.57 Å². The van der Waals surface area contributed by atoms with Crippen molar-refractivity contribution in [3.05, 3.63) is 53.1 Å². The maximum atomic E-state index is 11.9. The summed E-state index contributed by atoms with van der Waals surface area (Å²) in [5.74, 6) is -1.74. The number of hydrogen-bond donors (Lipinski definition) is 1. The van der Waals surface area contributed by atoms with Gasteiger partial charge < -0.3 is 5.11 Å². The Morgan fingerprint density at radius 1 is 1.13 bits per heavy atom. The topological polar surface area (TPSA) is 54.4 Å². The Morgan fingerprint density at radius 2 is 1.78 bits per heavy atom. The van der Waals surface area contributed by atoms with Crippen LogP contribution in [0.3, 0.4) is 0 Å². The zero-order valence-corrected chi connectivity index (χ0v) is 14.2. The van der Waals surface area contributed by atoms with Gasteiger partial charge in [-0.15, -0.1) is 0 Å². The quantitative estimate of drug-likeness (QED) is 0.401. The standard InChI is InChI=1S/C20H26O3/c1-15(2)8-7-9-16(3)12-13-18(19(21)20(22)23)14-17-10-5-4-6-11-17/h4-6,8,10-11,14,16H,7,9,12-13H2,1-3H3,(H,22,23)/b18-14+/t16-/m0/s1. The average molecular weight is 314 g/mol. The molecule has 0 saturated heterocycles. The highest BCUT2D eigenvalue weighted by Crippen LogP contribution is 2.20. The van der Waals surface area contributed by atoms with Crippen molar-refractivity contribution >= 4 is 17.8 Å². The lowest BCUT2D eigenvalue weighted by Crippen LogP contribution is -2.15. The number of Topliss-reactive ketones (excluding diaryl/α,β-unsaturated/α-hetero) is 1. The monoisotopic (exact) mass is 314 g/mol. The molecule has 1 aromatic carbocycles. The summed E-state index contributed by atoms with van der Waals surface area (Å²) >= 11 is 0. The predicted molar refractivity (Wildman–Crippen MR) is 94.1 cm³/mol. The lowest BCUT2D eigenvalue weighted by Gasteiger charge is -2.11. The summed E-state index contributed by atoms with van der Waals surface area (Å²) in [5, 5.41) is 9.00. The fraction of sp³-hybridized carbons (Fsp3) is 0.400. The third-order valence-corrected chi connectivity index (χ3v) is 3.74. The van der Waals surface area contributed by atoms with Gasteiger partial charge in [0.25, 0.3) is 5.78 Å². The number of hydrogen-bond acceptors (Lipinski definition) is 2. The molecule has 0 saturated carbocycles. The summed E-state index contributed by atoms with van der Waals surface area (Å²) in [7, 11) is 0. The zero-order valence-electron chi connectivity index (χ0n) is 14.2. The fourth-order valence-corrected chi connectivity index (χ4v) is 2.34. The molecule has 0 bridgehead atoms. The number of allylic oxidation sites excluding steroid dienone is 2. The van der Waals surface area contributed by atoms with E-state index in [1.54, 1.807) is 6.08 Å². The highest BCUT2D eigenvalue weighted by molar-refractivity contribution is 6.40. The first-order valence-corrected chi connectivity index (χ1v) is 8.06. The molecule has 0 fully saturated rings. The van der Waals surface area contributed by atoms with E-state index >= 15 is 0 Å². The van der Waals surface area contributed by atoms with Crippen LogP contribution in [0.4, 0.5) is 0 Å². The second-order valence-corrected chi connectivity index (χ2v) is 6.22. The lowest BCUT2D eigenvalue weighted by molar-refractivity contribution is -0.147. The first kappa shape index (κ1) is 18.9. The summed E-state index contributed by atoms with van der Waals surface area (Å²) in [5.41, 5.74) is 2.54. The Morgan fingerprint density at radius 3 is 2.35 bits per heavy atom. The van der Waals surface area contributed by atoms with Crippen LogP contribution in [0.15, 0.2) is 47.6 Å². The van der Waals surface area contributed by atoms with Crippen molar-refractivity contribution in [3.8, 4) is 0 Å². The molecule has 3 heteroatoms. The number of carbonyl (C=O) groups is 2. The third-order valence-electron chi connectivity index (χ3n) is 3.74. The van der Waals surface area contributed by atoms with Gasteiger partial charge in [-0.2, -0.15) is 0 Å². The number of benzene rings is 1. The van der Waals surface area contributed by atoms with E-state index in [9.17, 15) is 9.59 Å². The third kappa shape index (κ3) is 7.59. The van der Waals surface area contributed by atoms with Crippen LogP contribution < -0.4 is 0 Å². The summed E-state index contributed by atoms with van der Waals surface area (Å²) in [4.78, 5) is 22.9. The van der Waals surface area contributed by atoms with Crippen molar-refractivity contribution in [1.29, 1.82) is 0 Å². The van der Waals surface area contributed by atoms with Crippen molar-refractivity contribution in [2.45, 2.75) is 46.5 Å². The molecule has 0 amide bonds. The van der Waals surface area contributed by atoms with E-state index in [-0.39, 0.29) is 0 Å². The molecular formula is C20H26O3. The summed E-state index contributed by atoms with van der Waals surface area (Å²) in [6, 6.07) is 9.37. The van der Waals surface area contributed by atoms with Crippen molar-refractivity contribution in [3.63, 3.8) is 0 Å². The van der Waals surface area contributed by atoms with Gasteiger partial charge in [-0.1, -0.05) is 48.9 Å². The van der Waals surface area contributed by atoms with Gasteiger partial charge in [0.2, 0.25) is 0 Å². The van der Waals surface area contributed by atoms with E-state index < -0.39 is 11.8 Å². The Bertz CT molecular complexity index is 578. The van der Waals surface area contributed by atoms with Gasteiger partial charge in [0.15, 0.2) is 0 Å². The maximum Gasteiger partial charge on any atom is 0.376 e. The lowest BCUT2D eigenvalue weighted by atomic mass is 9.94. The highest BCUT2D eigenvalue weighted by Gasteiger charge is 2.18. The molecule has 1 rings (SSSR count). The van der Waals surface area contributed by atoms with Gasteiger partial charge in [0.1, 0.15) is 0 Å². The Balaban J connectivity index is 2.71. The molecule has 0 aliphatic carbocycles. The van der Waals surface area contributed by atoms with Gasteiger partial charge in [0.05, 0.1) is 0 Å². The Kier molecular flexibility index (Phi) is 8.03. The molecule has 0 heterocycles. The number of carboxylic acids is 1. The number of rotatable bonds is 9. The largest absolute Gasteiger partial charge is 0.475 e. The number of ketones is 1. The fourth-order valence-electron chi connectivity index (χ4n) is 2.34. The van der Waals surface area contributed by atoms with Crippen molar-refractivity contribution in [2.24, 2.45) is 5.92 Å². The molecular weight excluding hydrogens is 288 g/mol. The summed E-state index contributed by atoms with van der Waals surface area (Å²) < 4.78 is 0. The first-order valence-electron chi connectivity index (χ1n) is 8.06. The van der Waals surface area contributed by atoms with Crippen molar-refractivity contribution in [2.75, 3.05) is 0 Å². The second-order valence-electron chi connectivity index (χ2n) is 6.22. The minimum Gasteiger partial charge on any atom is -0.475 e. The molecule has 0 unspecified atom stereocenters. The summed E-state index contributed by atoms with van der Waals surface area (Å²) in [6.45, 7) is 6.30. The molecule has 0 radical (unpaired) electrons. The van der Waals surface area contributed by atoms with Crippen LogP contribution in [0.2, 0.25) is 0 Å². The molecule has 23 heavy (non-hydrogen) atoms. The Hall–Kier alpha value is -2.16.